The Morgan fingerprint density at radius 1 is 1.41 bits per heavy atom. The molecule has 17 heavy (non-hydrogen) atoms. The van der Waals surface area contributed by atoms with Crippen LogP contribution < -0.4 is 0 Å². The van der Waals surface area contributed by atoms with E-state index in [0.29, 0.717) is 11.9 Å². The van der Waals surface area contributed by atoms with Crippen molar-refractivity contribution in [3.05, 3.63) is 21.7 Å². The molecule has 1 fully saturated rings. The van der Waals surface area contributed by atoms with Crippen LogP contribution in [0, 0.1) is 4.64 Å². The summed E-state index contributed by atoms with van der Waals surface area (Å²) in [7, 11) is 0. The van der Waals surface area contributed by atoms with E-state index in [9.17, 15) is 0 Å². The second-order valence-corrected chi connectivity index (χ2v) is 6.97. The van der Waals surface area contributed by atoms with Crippen molar-refractivity contribution in [1.82, 2.24) is 9.97 Å². The predicted octanol–water partition coefficient (Wildman–Crippen LogP) is 2.73. The van der Waals surface area contributed by atoms with Gasteiger partial charge in [-0.15, -0.1) is 11.8 Å². The molecule has 2 aliphatic heterocycles. The molecule has 0 aromatic carbocycles. The zero-order chi connectivity index (χ0) is 11.7. The average Bonchev–Trinajstić information content (AvgIpc) is 2.40. The van der Waals surface area contributed by atoms with Crippen LogP contribution in [0.2, 0.25) is 0 Å². The molecular formula is C11H14N2OS3. The van der Waals surface area contributed by atoms with Crippen molar-refractivity contribution in [2.24, 2.45) is 0 Å². The lowest BCUT2D eigenvalue weighted by Crippen LogP contribution is -2.17. The molecule has 0 aliphatic carbocycles. The molecule has 3 heterocycles. The minimum absolute atomic E-state index is 0.476. The molecule has 92 valence electrons. The largest absolute Gasteiger partial charge is 0.376 e. The van der Waals surface area contributed by atoms with Gasteiger partial charge >= 0.3 is 0 Å². The van der Waals surface area contributed by atoms with Crippen LogP contribution in [0.25, 0.3) is 0 Å². The Balaban J connectivity index is 1.95. The first-order valence-electron chi connectivity index (χ1n) is 5.73. The number of hydrogen-bond donors (Lipinski definition) is 1. The summed E-state index contributed by atoms with van der Waals surface area (Å²) in [6.45, 7) is 1.40. The fourth-order valence-electron chi connectivity index (χ4n) is 2.07. The van der Waals surface area contributed by atoms with E-state index in [0.717, 1.165) is 34.8 Å². The van der Waals surface area contributed by atoms with Crippen LogP contribution in [-0.2, 0) is 17.8 Å². The third-order valence-corrected chi connectivity index (χ3v) is 6.09. The molecule has 1 N–H and O–H groups in total. The SMILES string of the molecule is S=c1nc(C2CSCCS2)[nH]c2c1COCC2. The number of nitrogens with one attached hydrogen (secondary N) is 1. The standard InChI is InChI=1S/C11H14N2OS3/c15-11-7-5-14-2-1-8(7)12-10(13-11)9-6-16-3-4-17-9/h9H,1-6H2,(H,12,13,15). The van der Waals surface area contributed by atoms with Gasteiger partial charge in [0.15, 0.2) is 0 Å². The first-order chi connectivity index (χ1) is 8.34. The highest BCUT2D eigenvalue weighted by atomic mass is 32.2. The van der Waals surface area contributed by atoms with Crippen molar-refractivity contribution in [1.29, 1.82) is 0 Å². The van der Waals surface area contributed by atoms with Gasteiger partial charge in [0.2, 0.25) is 0 Å². The second-order valence-electron chi connectivity index (χ2n) is 4.12. The number of fused-ring (bicyclic) bond motifs is 1. The van der Waals surface area contributed by atoms with E-state index >= 15 is 0 Å². The Morgan fingerprint density at radius 2 is 2.35 bits per heavy atom. The molecule has 3 nitrogen and oxygen atoms in total. The summed E-state index contributed by atoms with van der Waals surface area (Å²) in [4.78, 5) is 8.04. The first kappa shape index (κ1) is 12.0. The van der Waals surface area contributed by atoms with Crippen LogP contribution >= 0.6 is 35.7 Å². The summed E-state index contributed by atoms with van der Waals surface area (Å²) in [6, 6.07) is 0. The number of nitrogens with zero attached hydrogens (tertiary/aromatic N) is 1. The molecule has 0 saturated carbocycles. The summed E-state index contributed by atoms with van der Waals surface area (Å²) in [5.74, 6) is 4.66. The Bertz CT molecular complexity index is 468. The van der Waals surface area contributed by atoms with Crippen molar-refractivity contribution >= 4 is 35.7 Å². The minimum Gasteiger partial charge on any atom is -0.376 e. The van der Waals surface area contributed by atoms with E-state index in [-0.39, 0.29) is 0 Å². The first-order valence-corrected chi connectivity index (χ1v) is 8.35. The van der Waals surface area contributed by atoms with Gasteiger partial charge in [-0.3, -0.25) is 0 Å². The maximum absolute atomic E-state index is 5.43. The Hall–Kier alpha value is -0.0400. The Morgan fingerprint density at radius 3 is 3.18 bits per heavy atom. The Labute approximate surface area is 114 Å². The van der Waals surface area contributed by atoms with E-state index in [1.54, 1.807) is 0 Å². The van der Waals surface area contributed by atoms with Gasteiger partial charge in [-0.2, -0.15) is 11.8 Å². The number of aromatic amines is 1. The van der Waals surface area contributed by atoms with Crippen LogP contribution in [0.15, 0.2) is 0 Å². The highest BCUT2D eigenvalue weighted by Crippen LogP contribution is 2.35. The number of rotatable bonds is 1. The molecular weight excluding hydrogens is 272 g/mol. The summed E-state index contributed by atoms with van der Waals surface area (Å²) >= 11 is 9.35. The van der Waals surface area contributed by atoms with Gasteiger partial charge in [0, 0.05) is 34.9 Å². The van der Waals surface area contributed by atoms with Crippen molar-refractivity contribution < 1.29 is 4.74 Å². The summed E-state index contributed by atoms with van der Waals surface area (Å²) in [5, 5.41) is 0.476. The molecule has 1 saturated heterocycles. The highest BCUT2D eigenvalue weighted by molar-refractivity contribution is 8.06. The molecule has 1 aromatic rings. The van der Waals surface area contributed by atoms with Gasteiger partial charge in [-0.25, -0.2) is 4.98 Å². The van der Waals surface area contributed by atoms with Crippen molar-refractivity contribution in [2.45, 2.75) is 18.3 Å². The monoisotopic (exact) mass is 286 g/mol. The van der Waals surface area contributed by atoms with E-state index < -0.39 is 0 Å². The zero-order valence-corrected chi connectivity index (χ0v) is 11.8. The van der Waals surface area contributed by atoms with Crippen LogP contribution in [-0.4, -0.2) is 33.8 Å². The third kappa shape index (κ3) is 2.54. The van der Waals surface area contributed by atoms with Crippen molar-refractivity contribution in [3.63, 3.8) is 0 Å². The highest BCUT2D eigenvalue weighted by Gasteiger charge is 2.21. The predicted molar refractivity (Wildman–Crippen MR) is 75.3 cm³/mol. The van der Waals surface area contributed by atoms with Crippen LogP contribution in [0.1, 0.15) is 22.3 Å². The van der Waals surface area contributed by atoms with Crippen LogP contribution in [0.4, 0.5) is 0 Å². The van der Waals surface area contributed by atoms with E-state index in [1.165, 1.54) is 17.2 Å². The normalized spacial score (nSPS) is 24.4. The molecule has 1 aromatic heterocycles. The smallest absolute Gasteiger partial charge is 0.135 e. The number of aromatic nitrogens is 2. The number of H-pyrrole nitrogens is 1. The molecule has 0 bridgehead atoms. The quantitative estimate of drug-likeness (QED) is 0.804. The summed E-state index contributed by atoms with van der Waals surface area (Å²) in [5.41, 5.74) is 2.32. The number of ether oxygens (including phenoxy) is 1. The molecule has 0 amide bonds. The lowest BCUT2D eigenvalue weighted by atomic mass is 10.1. The average molecular weight is 286 g/mol. The van der Waals surface area contributed by atoms with Gasteiger partial charge in [-0.1, -0.05) is 12.2 Å². The van der Waals surface area contributed by atoms with Crippen LogP contribution in [0.5, 0.6) is 0 Å². The minimum atomic E-state index is 0.476. The fourth-order valence-corrected chi connectivity index (χ4v) is 4.98. The lowest BCUT2D eigenvalue weighted by Gasteiger charge is -2.23. The van der Waals surface area contributed by atoms with Crippen LogP contribution in [0.3, 0.4) is 0 Å². The molecule has 1 unspecified atom stereocenters. The van der Waals surface area contributed by atoms with Gasteiger partial charge in [0.05, 0.1) is 18.5 Å². The molecule has 1 atom stereocenters. The number of hydrogen-bond acceptors (Lipinski definition) is 5. The third-order valence-electron chi connectivity index (χ3n) is 2.99. The molecule has 2 aliphatic rings. The molecule has 0 spiro atoms. The lowest BCUT2D eigenvalue weighted by molar-refractivity contribution is 0.108. The number of thioether (sulfide) groups is 2. The second kappa shape index (κ2) is 5.30. The fraction of sp³-hybridized carbons (Fsp3) is 0.636. The molecule has 3 rings (SSSR count). The maximum atomic E-state index is 5.43. The van der Waals surface area contributed by atoms with Gasteiger partial charge in [-0.05, 0) is 0 Å². The van der Waals surface area contributed by atoms with Gasteiger partial charge in [0.1, 0.15) is 10.5 Å². The van der Waals surface area contributed by atoms with E-state index in [1.807, 2.05) is 23.5 Å². The van der Waals surface area contributed by atoms with E-state index in [4.69, 9.17) is 17.0 Å². The molecule has 6 heteroatoms. The Kier molecular flexibility index (Phi) is 3.75. The summed E-state index contributed by atoms with van der Waals surface area (Å²) in [6.07, 6.45) is 0.930. The molecule has 0 radical (unpaired) electrons. The van der Waals surface area contributed by atoms with Gasteiger partial charge < -0.3 is 9.72 Å². The van der Waals surface area contributed by atoms with Crippen molar-refractivity contribution in [2.75, 3.05) is 23.9 Å². The maximum Gasteiger partial charge on any atom is 0.135 e. The summed E-state index contributed by atoms with van der Waals surface area (Å²) < 4.78 is 6.15. The zero-order valence-electron chi connectivity index (χ0n) is 9.40. The van der Waals surface area contributed by atoms with E-state index in [2.05, 4.69) is 9.97 Å². The van der Waals surface area contributed by atoms with Crippen molar-refractivity contribution in [3.8, 4) is 0 Å². The van der Waals surface area contributed by atoms with Gasteiger partial charge in [0.25, 0.3) is 0 Å². The topological polar surface area (TPSA) is 37.9 Å².